The number of hydrogen-bond acceptors (Lipinski definition) is 8. The van der Waals surface area contributed by atoms with Crippen LogP contribution in [0.3, 0.4) is 0 Å². The molecule has 4 atom stereocenters. The van der Waals surface area contributed by atoms with Crippen molar-refractivity contribution in [2.45, 2.75) is 18.0 Å². The van der Waals surface area contributed by atoms with Gasteiger partial charge in [-0.3, -0.25) is 19.7 Å². The number of imide groups is 1. The Hall–Kier alpha value is -4.41. The van der Waals surface area contributed by atoms with Crippen LogP contribution in [-0.2, 0) is 19.1 Å². The molecular weight excluding hydrogens is 564 g/mol. The fourth-order valence-electron chi connectivity index (χ4n) is 6.37. The Kier molecular flexibility index (Phi) is 7.81. The van der Waals surface area contributed by atoms with Crippen molar-refractivity contribution in [1.29, 1.82) is 0 Å². The molecule has 0 aliphatic carbocycles. The Bertz CT molecular complexity index is 1640. The normalized spacial score (nSPS) is 23.0. The van der Waals surface area contributed by atoms with Crippen molar-refractivity contribution in [3.63, 3.8) is 0 Å². The smallest absolute Gasteiger partial charge is 0.326 e. The van der Waals surface area contributed by atoms with E-state index in [1.807, 2.05) is 73.1 Å². The number of ether oxygens (including phenoxy) is 2. The Morgan fingerprint density at radius 3 is 2.23 bits per heavy atom. The Labute approximate surface area is 254 Å². The summed E-state index contributed by atoms with van der Waals surface area (Å²) in [6.45, 7) is 0. The summed E-state index contributed by atoms with van der Waals surface area (Å²) in [6.07, 6.45) is 4.14. The molecule has 3 heterocycles. The van der Waals surface area contributed by atoms with Crippen molar-refractivity contribution in [3.05, 3.63) is 96.7 Å². The zero-order chi connectivity index (χ0) is 30.1. The molecule has 1 N–H and O–H groups in total. The van der Waals surface area contributed by atoms with E-state index in [2.05, 4.69) is 5.32 Å². The summed E-state index contributed by atoms with van der Waals surface area (Å²) in [5, 5.41) is 8.46. The van der Waals surface area contributed by atoms with E-state index in [4.69, 9.17) is 14.6 Å². The summed E-state index contributed by atoms with van der Waals surface area (Å²) in [4.78, 5) is 43.6. The van der Waals surface area contributed by atoms with Crippen LogP contribution >= 0.6 is 11.8 Å². The van der Waals surface area contributed by atoms with E-state index in [0.717, 1.165) is 16.8 Å². The fraction of sp³-hybridized carbons (Fsp3) is 0.273. The lowest BCUT2D eigenvalue weighted by atomic mass is 9.77. The summed E-state index contributed by atoms with van der Waals surface area (Å²) in [6, 6.07) is 25.5. The number of hydrogen-bond donors (Lipinski definition) is 1. The minimum atomic E-state index is -1.41. The third-order valence-corrected chi connectivity index (χ3v) is 8.99. The number of esters is 1. The molecule has 43 heavy (non-hydrogen) atoms. The average molecular weight is 597 g/mol. The van der Waals surface area contributed by atoms with Crippen LogP contribution < -0.4 is 15.0 Å². The second kappa shape index (κ2) is 11.7. The van der Waals surface area contributed by atoms with Gasteiger partial charge in [0.25, 0.3) is 0 Å². The van der Waals surface area contributed by atoms with Gasteiger partial charge >= 0.3 is 5.97 Å². The maximum Gasteiger partial charge on any atom is 0.326 e. The number of carbonyl (C=O) groups is 3. The molecule has 0 spiro atoms. The molecule has 1 aromatic heterocycles. The van der Waals surface area contributed by atoms with Gasteiger partial charge in [-0.25, -0.2) is 9.58 Å². The van der Waals surface area contributed by atoms with E-state index < -0.39 is 35.3 Å². The van der Waals surface area contributed by atoms with E-state index in [1.54, 1.807) is 47.8 Å². The fourth-order valence-corrected chi connectivity index (χ4v) is 6.89. The average Bonchev–Trinajstić information content (AvgIpc) is 3.72. The number of thioether (sulfide) groups is 1. The van der Waals surface area contributed by atoms with Gasteiger partial charge in [0, 0.05) is 23.4 Å². The molecule has 4 aromatic rings. The van der Waals surface area contributed by atoms with Gasteiger partial charge in [-0.05, 0) is 54.8 Å². The number of carbonyl (C=O) groups excluding carboxylic acids is 3. The number of rotatable bonds is 9. The number of amides is 2. The largest absolute Gasteiger partial charge is 0.497 e. The first-order chi connectivity index (χ1) is 20.9. The molecule has 10 heteroatoms. The van der Waals surface area contributed by atoms with Gasteiger partial charge in [-0.1, -0.05) is 48.5 Å². The number of fused-ring (bicyclic) bond motifs is 1. The van der Waals surface area contributed by atoms with Crippen LogP contribution in [0.25, 0.3) is 16.9 Å². The minimum absolute atomic E-state index is 0.307. The molecular formula is C33H32N4O5S. The first-order valence-electron chi connectivity index (χ1n) is 14.0. The van der Waals surface area contributed by atoms with Crippen LogP contribution in [0.2, 0.25) is 0 Å². The van der Waals surface area contributed by atoms with Crippen molar-refractivity contribution in [3.8, 4) is 22.7 Å². The molecule has 0 radical (unpaired) electrons. The molecule has 6 rings (SSSR count). The lowest BCUT2D eigenvalue weighted by Gasteiger charge is -2.32. The van der Waals surface area contributed by atoms with Gasteiger partial charge in [0.15, 0.2) is 0 Å². The Balaban J connectivity index is 1.54. The number of methoxy groups -OCH3 is 2. The summed E-state index contributed by atoms with van der Waals surface area (Å²) in [5.74, 6) is -2.03. The first-order valence-corrected chi connectivity index (χ1v) is 15.4. The van der Waals surface area contributed by atoms with Gasteiger partial charge in [-0.15, -0.1) is 0 Å². The molecule has 2 saturated heterocycles. The van der Waals surface area contributed by atoms with Crippen LogP contribution in [0.15, 0.2) is 91.1 Å². The van der Waals surface area contributed by atoms with Crippen molar-refractivity contribution < 1.29 is 23.9 Å². The molecule has 0 unspecified atom stereocenters. The summed E-state index contributed by atoms with van der Waals surface area (Å²) in [7, 11) is 2.87. The molecule has 2 fully saturated rings. The number of aromatic nitrogens is 2. The maximum absolute atomic E-state index is 14.4. The lowest BCUT2D eigenvalue weighted by Crippen LogP contribution is -2.56. The van der Waals surface area contributed by atoms with Crippen LogP contribution in [-0.4, -0.2) is 59.3 Å². The molecule has 2 aliphatic heterocycles. The minimum Gasteiger partial charge on any atom is -0.497 e. The topological polar surface area (TPSA) is 103 Å². The predicted octanol–water partition coefficient (Wildman–Crippen LogP) is 4.66. The molecule has 9 nitrogen and oxygen atoms in total. The molecule has 220 valence electrons. The highest BCUT2D eigenvalue weighted by Gasteiger charge is 2.69. The number of benzene rings is 3. The van der Waals surface area contributed by atoms with E-state index in [9.17, 15) is 14.4 Å². The molecule has 2 aliphatic rings. The monoisotopic (exact) mass is 596 g/mol. The van der Waals surface area contributed by atoms with E-state index in [1.165, 1.54) is 12.0 Å². The van der Waals surface area contributed by atoms with E-state index in [-0.39, 0.29) is 5.91 Å². The van der Waals surface area contributed by atoms with Gasteiger partial charge in [0.1, 0.15) is 11.3 Å². The summed E-state index contributed by atoms with van der Waals surface area (Å²) >= 11 is 1.56. The Morgan fingerprint density at radius 2 is 1.60 bits per heavy atom. The van der Waals surface area contributed by atoms with Crippen LogP contribution in [0.1, 0.15) is 18.0 Å². The maximum atomic E-state index is 14.4. The van der Waals surface area contributed by atoms with E-state index >= 15 is 0 Å². The van der Waals surface area contributed by atoms with Gasteiger partial charge < -0.3 is 9.47 Å². The van der Waals surface area contributed by atoms with Crippen molar-refractivity contribution >= 4 is 35.2 Å². The highest BCUT2D eigenvalue weighted by Crippen LogP contribution is 2.52. The predicted molar refractivity (Wildman–Crippen MR) is 165 cm³/mol. The van der Waals surface area contributed by atoms with E-state index in [0.29, 0.717) is 29.3 Å². The molecule has 2 amide bonds. The van der Waals surface area contributed by atoms with Crippen molar-refractivity contribution in [2.75, 3.05) is 31.1 Å². The zero-order valence-corrected chi connectivity index (χ0v) is 24.9. The first kappa shape index (κ1) is 28.7. The van der Waals surface area contributed by atoms with Crippen molar-refractivity contribution in [2.24, 2.45) is 11.8 Å². The summed E-state index contributed by atoms with van der Waals surface area (Å²) in [5.41, 5.74) is 2.09. The standard InChI is InChI=1S/C33H32N4O5S/c1-41-24-16-14-23(15-17-24)37-30(38)26-27(31(37)39)33(18-19-43-3,32(40)42-2)34-29(26)25-20-36(22-12-8-5-9-13-22)35-28(25)21-10-6-4-7-11-21/h4-17,20,26-27,29,34H,18-19H2,1-3H3/t26-,27-,29-,33-/m1/s1. The third kappa shape index (κ3) is 4.80. The van der Waals surface area contributed by atoms with Gasteiger partial charge in [0.2, 0.25) is 11.8 Å². The Morgan fingerprint density at radius 1 is 0.930 bits per heavy atom. The highest BCUT2D eigenvalue weighted by molar-refractivity contribution is 7.98. The van der Waals surface area contributed by atoms with Crippen LogP contribution in [0.5, 0.6) is 5.75 Å². The van der Waals surface area contributed by atoms with Crippen LogP contribution in [0, 0.1) is 11.8 Å². The second-order valence-corrected chi connectivity index (χ2v) is 11.6. The number of para-hydroxylation sites is 1. The molecule has 3 aromatic carbocycles. The lowest BCUT2D eigenvalue weighted by molar-refractivity contribution is -0.152. The molecule has 0 bridgehead atoms. The zero-order valence-electron chi connectivity index (χ0n) is 24.1. The molecule has 0 saturated carbocycles. The number of anilines is 1. The van der Waals surface area contributed by atoms with Gasteiger partial charge in [0.05, 0.1) is 43.1 Å². The van der Waals surface area contributed by atoms with Gasteiger partial charge in [-0.2, -0.15) is 16.9 Å². The quantitative estimate of drug-likeness (QED) is 0.220. The third-order valence-electron chi connectivity index (χ3n) is 8.38. The van der Waals surface area contributed by atoms with Crippen LogP contribution in [0.4, 0.5) is 5.69 Å². The second-order valence-electron chi connectivity index (χ2n) is 10.6. The SMILES string of the molecule is COC(=O)[C@]1(CCSC)N[C@H](c2cn(-c3ccccc3)nc2-c2ccccc2)[C@@H]2C(=O)N(c3ccc(OC)cc3)C(=O)[C@@H]21. The van der Waals surface area contributed by atoms with Crippen molar-refractivity contribution in [1.82, 2.24) is 15.1 Å². The number of nitrogens with one attached hydrogen (secondary N) is 1. The highest BCUT2D eigenvalue weighted by atomic mass is 32.2. The number of nitrogens with zero attached hydrogens (tertiary/aromatic N) is 3. The summed E-state index contributed by atoms with van der Waals surface area (Å²) < 4.78 is 12.4.